The van der Waals surface area contributed by atoms with Gasteiger partial charge in [-0.3, -0.25) is 9.59 Å². The van der Waals surface area contributed by atoms with E-state index in [4.69, 9.17) is 0 Å². The summed E-state index contributed by atoms with van der Waals surface area (Å²) in [5, 5.41) is 5.56. The van der Waals surface area contributed by atoms with Gasteiger partial charge in [-0.1, -0.05) is 25.0 Å². The fourth-order valence-corrected chi connectivity index (χ4v) is 2.94. The Hall–Kier alpha value is -1.91. The zero-order valence-electron chi connectivity index (χ0n) is 11.8. The Labute approximate surface area is 123 Å². The number of carbonyl (C=O) groups is 2. The largest absolute Gasteiger partial charge is 0.353 e. The molecule has 2 saturated carbocycles. The first kappa shape index (κ1) is 14.0. The zero-order chi connectivity index (χ0) is 14.8. The summed E-state index contributed by atoms with van der Waals surface area (Å²) in [4.78, 5) is 24.1. The van der Waals surface area contributed by atoms with E-state index in [9.17, 15) is 14.0 Å². The molecule has 2 unspecified atom stereocenters. The van der Waals surface area contributed by atoms with Crippen LogP contribution < -0.4 is 10.6 Å². The fraction of sp³-hybridized carbons (Fsp3) is 0.500. The summed E-state index contributed by atoms with van der Waals surface area (Å²) < 4.78 is 13.5. The summed E-state index contributed by atoms with van der Waals surface area (Å²) in [6.07, 6.45) is 4.94. The van der Waals surface area contributed by atoms with Crippen molar-refractivity contribution in [2.75, 3.05) is 5.32 Å². The van der Waals surface area contributed by atoms with Crippen molar-refractivity contribution < 1.29 is 14.0 Å². The van der Waals surface area contributed by atoms with Crippen LogP contribution in [-0.4, -0.2) is 17.9 Å². The molecule has 1 aromatic carbocycles. The van der Waals surface area contributed by atoms with Crippen LogP contribution in [0.25, 0.3) is 0 Å². The lowest BCUT2D eigenvalue weighted by Gasteiger charge is -2.11. The average molecular weight is 290 g/mol. The van der Waals surface area contributed by atoms with Crippen molar-refractivity contribution in [3.8, 4) is 0 Å². The minimum absolute atomic E-state index is 0.0319. The molecule has 2 fully saturated rings. The highest BCUT2D eigenvalue weighted by molar-refractivity contribution is 5.99. The first-order chi connectivity index (χ1) is 10.1. The number of hydrogen-bond acceptors (Lipinski definition) is 2. The van der Waals surface area contributed by atoms with Gasteiger partial charge in [-0.15, -0.1) is 0 Å². The van der Waals surface area contributed by atoms with Crippen LogP contribution in [0.3, 0.4) is 0 Å². The third-order valence-corrected chi connectivity index (χ3v) is 4.30. The van der Waals surface area contributed by atoms with Crippen molar-refractivity contribution in [2.45, 2.75) is 38.1 Å². The van der Waals surface area contributed by atoms with Crippen LogP contribution in [0.4, 0.5) is 10.1 Å². The van der Waals surface area contributed by atoms with Crippen LogP contribution in [0.1, 0.15) is 32.1 Å². The molecule has 0 aromatic heterocycles. The molecule has 0 spiro atoms. The molecule has 2 atom stereocenters. The first-order valence-corrected chi connectivity index (χ1v) is 7.51. The van der Waals surface area contributed by atoms with E-state index in [1.165, 1.54) is 12.1 Å². The molecule has 2 amide bonds. The van der Waals surface area contributed by atoms with Gasteiger partial charge in [0.25, 0.3) is 0 Å². The number of anilines is 1. The normalized spacial score (nSPS) is 24.6. The Balaban J connectivity index is 1.51. The number of nitrogens with one attached hydrogen (secondary N) is 2. The van der Waals surface area contributed by atoms with Gasteiger partial charge in [0.05, 0.1) is 17.5 Å². The van der Waals surface area contributed by atoms with Crippen LogP contribution in [0.5, 0.6) is 0 Å². The molecular formula is C16H19FN2O2. The molecule has 1 aromatic rings. The summed E-state index contributed by atoms with van der Waals surface area (Å²) >= 11 is 0. The lowest BCUT2D eigenvalue weighted by atomic mass is 10.2. The van der Waals surface area contributed by atoms with Gasteiger partial charge in [-0.05, 0) is 31.4 Å². The van der Waals surface area contributed by atoms with E-state index in [-0.39, 0.29) is 35.4 Å². The quantitative estimate of drug-likeness (QED) is 0.895. The summed E-state index contributed by atoms with van der Waals surface area (Å²) in [5.74, 6) is -1.34. The van der Waals surface area contributed by atoms with E-state index in [0.717, 1.165) is 25.7 Å². The maximum Gasteiger partial charge on any atom is 0.228 e. The molecule has 0 aliphatic heterocycles. The number of halogens is 1. The van der Waals surface area contributed by atoms with Gasteiger partial charge in [-0.25, -0.2) is 4.39 Å². The molecule has 0 radical (unpaired) electrons. The number of benzene rings is 1. The maximum atomic E-state index is 13.5. The zero-order valence-corrected chi connectivity index (χ0v) is 11.8. The number of para-hydroxylation sites is 1. The summed E-state index contributed by atoms with van der Waals surface area (Å²) in [6.45, 7) is 0. The third-order valence-electron chi connectivity index (χ3n) is 4.30. The van der Waals surface area contributed by atoms with Gasteiger partial charge < -0.3 is 10.6 Å². The summed E-state index contributed by atoms with van der Waals surface area (Å²) in [7, 11) is 0. The Morgan fingerprint density at radius 1 is 1.05 bits per heavy atom. The van der Waals surface area contributed by atoms with Crippen LogP contribution in [0.15, 0.2) is 24.3 Å². The van der Waals surface area contributed by atoms with Crippen molar-refractivity contribution in [1.29, 1.82) is 0 Å². The highest BCUT2D eigenvalue weighted by atomic mass is 19.1. The molecule has 0 saturated heterocycles. The minimum atomic E-state index is -0.460. The smallest absolute Gasteiger partial charge is 0.228 e. The van der Waals surface area contributed by atoms with Gasteiger partial charge in [-0.2, -0.15) is 0 Å². The fourth-order valence-electron chi connectivity index (χ4n) is 2.94. The van der Waals surface area contributed by atoms with Crippen molar-refractivity contribution in [3.05, 3.63) is 30.1 Å². The molecule has 0 bridgehead atoms. The summed E-state index contributed by atoms with van der Waals surface area (Å²) in [5.41, 5.74) is 0.171. The third kappa shape index (κ3) is 3.23. The minimum Gasteiger partial charge on any atom is -0.353 e. The molecular weight excluding hydrogens is 271 g/mol. The maximum absolute atomic E-state index is 13.5. The van der Waals surface area contributed by atoms with E-state index in [2.05, 4.69) is 10.6 Å². The lowest BCUT2D eigenvalue weighted by molar-refractivity contribution is -0.125. The van der Waals surface area contributed by atoms with Gasteiger partial charge >= 0.3 is 0 Å². The highest BCUT2D eigenvalue weighted by Gasteiger charge is 2.48. The molecule has 4 nitrogen and oxygen atoms in total. The predicted octanol–water partition coefficient (Wildman–Crippen LogP) is 2.46. The van der Waals surface area contributed by atoms with Crippen LogP contribution >= 0.6 is 0 Å². The van der Waals surface area contributed by atoms with E-state index in [1.54, 1.807) is 12.1 Å². The number of rotatable bonds is 4. The van der Waals surface area contributed by atoms with Crippen molar-refractivity contribution in [1.82, 2.24) is 5.32 Å². The van der Waals surface area contributed by atoms with E-state index in [1.807, 2.05) is 0 Å². The second-order valence-corrected chi connectivity index (χ2v) is 5.91. The molecule has 112 valence electrons. The molecule has 2 aliphatic rings. The Kier molecular flexibility index (Phi) is 3.90. The molecule has 5 heteroatoms. The van der Waals surface area contributed by atoms with Gasteiger partial charge in [0.15, 0.2) is 0 Å². The first-order valence-electron chi connectivity index (χ1n) is 7.51. The van der Waals surface area contributed by atoms with Crippen molar-refractivity contribution in [2.24, 2.45) is 11.8 Å². The Morgan fingerprint density at radius 2 is 1.71 bits per heavy atom. The van der Waals surface area contributed by atoms with Gasteiger partial charge in [0.2, 0.25) is 11.8 Å². The Morgan fingerprint density at radius 3 is 2.43 bits per heavy atom. The van der Waals surface area contributed by atoms with Crippen LogP contribution in [0.2, 0.25) is 0 Å². The Bertz CT molecular complexity index is 555. The average Bonchev–Trinajstić information content (AvgIpc) is 3.13. The highest BCUT2D eigenvalue weighted by Crippen LogP contribution is 2.40. The second kappa shape index (κ2) is 5.84. The standard InChI is InChI=1S/C16H19FN2O2/c17-13-7-3-4-8-14(13)19-16(21)12-9-11(12)15(20)18-10-5-1-2-6-10/h3-4,7-8,10-12H,1-2,5-6,9H2,(H,18,20)(H,19,21). The molecule has 3 rings (SSSR count). The van der Waals surface area contributed by atoms with Crippen LogP contribution in [0, 0.1) is 17.7 Å². The topological polar surface area (TPSA) is 58.2 Å². The van der Waals surface area contributed by atoms with Crippen LogP contribution in [-0.2, 0) is 9.59 Å². The van der Waals surface area contributed by atoms with E-state index < -0.39 is 5.82 Å². The van der Waals surface area contributed by atoms with Gasteiger partial charge in [0.1, 0.15) is 5.82 Å². The van der Waals surface area contributed by atoms with Gasteiger partial charge in [0, 0.05) is 6.04 Å². The number of hydrogen-bond donors (Lipinski definition) is 2. The lowest BCUT2D eigenvalue weighted by Crippen LogP contribution is -2.34. The predicted molar refractivity (Wildman–Crippen MR) is 77.0 cm³/mol. The summed E-state index contributed by atoms with van der Waals surface area (Å²) in [6, 6.07) is 6.32. The second-order valence-electron chi connectivity index (χ2n) is 5.91. The number of amides is 2. The molecule has 0 heterocycles. The molecule has 2 N–H and O–H groups in total. The van der Waals surface area contributed by atoms with Crippen molar-refractivity contribution in [3.63, 3.8) is 0 Å². The van der Waals surface area contributed by atoms with Crippen molar-refractivity contribution >= 4 is 17.5 Å². The molecule has 21 heavy (non-hydrogen) atoms. The molecule has 2 aliphatic carbocycles. The van der Waals surface area contributed by atoms with E-state index >= 15 is 0 Å². The monoisotopic (exact) mass is 290 g/mol. The number of carbonyl (C=O) groups excluding carboxylic acids is 2. The SMILES string of the molecule is O=C(Nc1ccccc1F)C1CC1C(=O)NC1CCCC1. The van der Waals surface area contributed by atoms with E-state index in [0.29, 0.717) is 6.42 Å².